The number of halogens is 1. The van der Waals surface area contributed by atoms with E-state index in [1.54, 1.807) is 0 Å². The number of nitrogens with zero attached hydrogens (tertiary/aromatic N) is 4. The molecule has 2 unspecified atom stereocenters. The van der Waals surface area contributed by atoms with E-state index in [-0.39, 0.29) is 36.1 Å². The predicted molar refractivity (Wildman–Crippen MR) is 177 cm³/mol. The quantitative estimate of drug-likeness (QED) is 0.339. The zero-order valence-electron chi connectivity index (χ0n) is 27.3. The third-order valence-electron chi connectivity index (χ3n) is 11.8. The van der Waals surface area contributed by atoms with Crippen molar-refractivity contribution in [3.63, 3.8) is 0 Å². The van der Waals surface area contributed by atoms with Gasteiger partial charge in [-0.05, 0) is 94.3 Å². The van der Waals surface area contributed by atoms with Crippen LogP contribution < -0.4 is 10.4 Å². The van der Waals surface area contributed by atoms with Gasteiger partial charge in [-0.3, -0.25) is 9.38 Å². The number of aryl methyl sites for hydroxylation is 1. The lowest BCUT2D eigenvalue weighted by Crippen LogP contribution is -2.80. The third-order valence-corrected chi connectivity index (χ3v) is 12.2. The van der Waals surface area contributed by atoms with Crippen LogP contribution in [0.2, 0.25) is 5.02 Å². The number of para-hydroxylation sites is 1. The molecule has 0 bridgehead atoms. The molecule has 2 aromatic carbocycles. The lowest BCUT2D eigenvalue weighted by molar-refractivity contribution is -0.956. The molecule has 10 heteroatoms. The Labute approximate surface area is 278 Å². The first-order valence-corrected chi connectivity index (χ1v) is 17.4. The number of rotatable bonds is 7. The number of carbonyl (C=O) groups excluding carboxylic acids is 3. The summed E-state index contributed by atoms with van der Waals surface area (Å²) in [5, 5.41) is 17.3. The number of fused-ring (bicyclic) bond motifs is 1. The maximum Gasteiger partial charge on any atom is 0.322 e. The topological polar surface area (TPSA) is 96.0 Å². The van der Waals surface area contributed by atoms with E-state index in [1.807, 2.05) is 54.3 Å². The molecular weight excluding hydrogens is 602 g/mol. The van der Waals surface area contributed by atoms with Crippen molar-refractivity contribution in [3.05, 3.63) is 64.2 Å². The number of aldehydes is 1. The molecule has 4 heterocycles. The summed E-state index contributed by atoms with van der Waals surface area (Å²) in [6.45, 7) is 6.54. The van der Waals surface area contributed by atoms with Crippen LogP contribution in [0.3, 0.4) is 0 Å². The number of likely N-dealkylation sites (tertiary alicyclic amines) is 3. The molecule has 0 aromatic heterocycles. The first-order valence-electron chi connectivity index (χ1n) is 17.0. The molecule has 6 rings (SSSR count). The minimum Gasteiger partial charge on any atom is -0.498 e. The van der Waals surface area contributed by atoms with Crippen LogP contribution in [-0.4, -0.2) is 95.6 Å². The molecule has 9 nitrogen and oxygen atoms in total. The summed E-state index contributed by atoms with van der Waals surface area (Å²) in [7, 11) is 2.18. The first kappa shape index (κ1) is 32.9. The zero-order chi connectivity index (χ0) is 32.5. The molecule has 2 aromatic rings. The van der Waals surface area contributed by atoms with E-state index in [1.165, 1.54) is 12.8 Å². The summed E-state index contributed by atoms with van der Waals surface area (Å²) in [5.74, 6) is 1.27. The number of piperidine rings is 3. The summed E-state index contributed by atoms with van der Waals surface area (Å²) >= 11 is 6.54. The summed E-state index contributed by atoms with van der Waals surface area (Å²) < 4.78 is -0.379. The fourth-order valence-electron chi connectivity index (χ4n) is 9.04. The summed E-state index contributed by atoms with van der Waals surface area (Å²) in [4.78, 5) is 46.6. The van der Waals surface area contributed by atoms with Crippen molar-refractivity contribution in [2.75, 3.05) is 51.6 Å². The number of hydrogen-bond donors (Lipinski definition) is 1. The van der Waals surface area contributed by atoms with Crippen molar-refractivity contribution in [2.24, 2.45) is 11.8 Å². The molecule has 4 aliphatic rings. The summed E-state index contributed by atoms with van der Waals surface area (Å²) in [6.07, 6.45) is 5.67. The highest BCUT2D eigenvalue weighted by Gasteiger charge is 2.61. The molecule has 0 spiro atoms. The molecule has 248 valence electrons. The number of hydrogen-bond acceptors (Lipinski definition) is 6. The number of carbonyl (C=O) groups is 3. The molecule has 0 saturated carbocycles. The maximum absolute atomic E-state index is 13.7. The molecule has 3 saturated heterocycles. The minimum absolute atomic E-state index is 0.0473. The van der Waals surface area contributed by atoms with E-state index in [0.717, 1.165) is 67.7 Å². The Kier molecular flexibility index (Phi) is 9.76. The van der Waals surface area contributed by atoms with Crippen molar-refractivity contribution in [2.45, 2.75) is 76.5 Å². The average molecular weight is 650 g/mol. The lowest BCUT2D eigenvalue weighted by Gasteiger charge is -2.62. The Bertz CT molecular complexity index is 1440. The van der Waals surface area contributed by atoms with Crippen LogP contribution in [0.1, 0.15) is 61.6 Å². The van der Waals surface area contributed by atoms with Crippen LogP contribution in [0, 0.1) is 18.8 Å². The normalized spacial score (nSPS) is 28.7. The second-order valence-electron chi connectivity index (χ2n) is 14.2. The molecule has 0 radical (unpaired) electrons. The minimum atomic E-state index is -1.18. The van der Waals surface area contributed by atoms with Crippen LogP contribution in [0.25, 0.3) is 0 Å². The van der Waals surface area contributed by atoms with Gasteiger partial charge in [0.05, 0.1) is 13.0 Å². The zero-order valence-corrected chi connectivity index (χ0v) is 28.0. The smallest absolute Gasteiger partial charge is 0.322 e. The van der Waals surface area contributed by atoms with E-state index in [4.69, 9.17) is 11.6 Å². The Morgan fingerprint density at radius 2 is 1.74 bits per heavy atom. The standard InChI is InChI=1S/C36H48ClN5O4/c1-26-7-8-27(23-32(26)37)25-42(35(45)46)21-14-31(41-20-13-30-5-3-4-6-33(30)38-34(41)44)24-36(42,15-22-43)40-18-11-29(12-19-40)28-9-16-39(2)17-10-28/h3-8,22-23,28-29,31H,9-21,24-25H2,1-2H3,(H-,38,44,45,46)/t31?,36?,42-/m0/s1. The second kappa shape index (κ2) is 13.6. The van der Waals surface area contributed by atoms with Crippen LogP contribution >= 0.6 is 11.6 Å². The maximum atomic E-state index is 13.7. The summed E-state index contributed by atoms with van der Waals surface area (Å²) in [6, 6.07) is 13.2. The highest BCUT2D eigenvalue weighted by molar-refractivity contribution is 6.31. The van der Waals surface area contributed by atoms with Gasteiger partial charge in [0.2, 0.25) is 0 Å². The van der Waals surface area contributed by atoms with Crippen LogP contribution in [0.5, 0.6) is 0 Å². The van der Waals surface area contributed by atoms with Crippen LogP contribution in [0.4, 0.5) is 15.3 Å². The van der Waals surface area contributed by atoms with Gasteiger partial charge in [-0.15, -0.1) is 0 Å². The monoisotopic (exact) mass is 649 g/mol. The van der Waals surface area contributed by atoms with Gasteiger partial charge in [0.25, 0.3) is 6.09 Å². The van der Waals surface area contributed by atoms with Crippen molar-refractivity contribution < 1.29 is 24.0 Å². The SMILES string of the molecule is Cc1ccc(C[N@+]2(C(=O)[O-])CCC(N3CCc4ccccc4NC3=O)CC2(CC=O)N2CCC(C3CCN(C)CC3)CC2)cc1Cl. The highest BCUT2D eigenvalue weighted by atomic mass is 35.5. The Morgan fingerprint density at radius 3 is 2.41 bits per heavy atom. The van der Waals surface area contributed by atoms with Gasteiger partial charge in [0, 0.05) is 54.8 Å². The van der Waals surface area contributed by atoms with E-state index in [2.05, 4.69) is 22.2 Å². The first-order chi connectivity index (χ1) is 22.2. The van der Waals surface area contributed by atoms with E-state index >= 15 is 0 Å². The summed E-state index contributed by atoms with van der Waals surface area (Å²) in [5.41, 5.74) is 2.56. The molecule has 3 amide bonds. The van der Waals surface area contributed by atoms with Gasteiger partial charge >= 0.3 is 6.03 Å². The molecule has 46 heavy (non-hydrogen) atoms. The fourth-order valence-corrected chi connectivity index (χ4v) is 9.24. The molecule has 0 aliphatic carbocycles. The van der Waals surface area contributed by atoms with Crippen molar-refractivity contribution >= 4 is 35.7 Å². The number of anilines is 1. The number of carboxylic acid groups (broad SMARTS) is 1. The van der Waals surface area contributed by atoms with Gasteiger partial charge < -0.3 is 29.8 Å². The van der Waals surface area contributed by atoms with Crippen LogP contribution in [-0.2, 0) is 17.8 Å². The van der Waals surface area contributed by atoms with Crippen LogP contribution in [0.15, 0.2) is 42.5 Å². The Balaban J connectivity index is 1.35. The van der Waals surface area contributed by atoms with E-state index in [0.29, 0.717) is 42.7 Å². The van der Waals surface area contributed by atoms with E-state index in [9.17, 15) is 19.5 Å². The number of quaternary nitrogens is 1. The van der Waals surface area contributed by atoms with Crippen molar-refractivity contribution in [1.29, 1.82) is 0 Å². The van der Waals surface area contributed by atoms with Gasteiger partial charge in [-0.2, -0.15) is 0 Å². The lowest BCUT2D eigenvalue weighted by atomic mass is 9.76. The predicted octanol–water partition coefficient (Wildman–Crippen LogP) is 4.90. The van der Waals surface area contributed by atoms with Crippen molar-refractivity contribution in [3.8, 4) is 0 Å². The Morgan fingerprint density at radius 1 is 1.04 bits per heavy atom. The average Bonchev–Trinajstić information content (AvgIpc) is 3.22. The Hall–Kier alpha value is -2.98. The molecule has 4 aliphatic heterocycles. The third kappa shape index (κ3) is 6.19. The molecule has 1 N–H and O–H groups in total. The highest BCUT2D eigenvalue weighted by Crippen LogP contribution is 2.46. The van der Waals surface area contributed by atoms with E-state index < -0.39 is 11.8 Å². The molecular formula is C36H48ClN5O4. The van der Waals surface area contributed by atoms with Gasteiger partial charge in [-0.1, -0.05) is 41.9 Å². The number of benzene rings is 2. The van der Waals surface area contributed by atoms with Gasteiger partial charge in [0.1, 0.15) is 12.8 Å². The largest absolute Gasteiger partial charge is 0.498 e. The second-order valence-corrected chi connectivity index (χ2v) is 14.6. The van der Waals surface area contributed by atoms with Crippen molar-refractivity contribution in [1.82, 2.24) is 14.7 Å². The number of nitrogens with one attached hydrogen (secondary N) is 1. The van der Waals surface area contributed by atoms with Gasteiger partial charge in [0.15, 0.2) is 5.66 Å². The molecule has 3 fully saturated rings. The fraction of sp³-hybridized carbons (Fsp3) is 0.583. The number of urea groups is 1. The van der Waals surface area contributed by atoms with Gasteiger partial charge in [-0.25, -0.2) is 4.79 Å². The number of amides is 3. The molecule has 3 atom stereocenters.